The van der Waals surface area contributed by atoms with Crippen LogP contribution < -0.4 is 4.74 Å². The van der Waals surface area contributed by atoms with Gasteiger partial charge in [0.25, 0.3) is 0 Å². The zero-order valence-corrected chi connectivity index (χ0v) is 12.3. The number of ether oxygens (including phenoxy) is 2. The first-order chi connectivity index (χ1) is 8.97. The van der Waals surface area contributed by atoms with E-state index in [1.165, 1.54) is 13.0 Å². The second-order valence-electron chi connectivity index (χ2n) is 3.92. The highest BCUT2D eigenvalue weighted by molar-refractivity contribution is 6.43. The fourth-order valence-electron chi connectivity index (χ4n) is 1.43. The first-order valence-corrected chi connectivity index (χ1v) is 6.60. The zero-order valence-electron chi connectivity index (χ0n) is 10.8. The van der Waals surface area contributed by atoms with E-state index in [2.05, 4.69) is 0 Å². The van der Waals surface area contributed by atoms with Crippen LogP contribution in [0.2, 0.25) is 10.0 Å². The number of Topliss-reactive ketones (excluding diaryl/α,β-unsaturated/α-hetero) is 1. The number of rotatable bonds is 7. The zero-order chi connectivity index (χ0) is 14.4. The van der Waals surface area contributed by atoms with Gasteiger partial charge in [-0.3, -0.25) is 4.79 Å². The van der Waals surface area contributed by atoms with Crippen LogP contribution in [-0.2, 0) is 4.74 Å². The number of hydrogen-bond donors (Lipinski definition) is 1. The number of aliphatic hydroxyl groups excluding tert-OH is 1. The maximum Gasteiger partial charge on any atom is 0.163 e. The molecule has 4 nitrogen and oxygen atoms in total. The van der Waals surface area contributed by atoms with Gasteiger partial charge in [-0.1, -0.05) is 23.2 Å². The second-order valence-corrected chi connectivity index (χ2v) is 4.70. The molecular weight excluding hydrogens is 291 g/mol. The predicted octanol–water partition coefficient (Wildman–Crippen LogP) is 2.97. The lowest BCUT2D eigenvalue weighted by atomic mass is 10.1. The summed E-state index contributed by atoms with van der Waals surface area (Å²) in [5.74, 6) is 0.00470. The summed E-state index contributed by atoms with van der Waals surface area (Å²) < 4.78 is 10.5. The predicted molar refractivity (Wildman–Crippen MR) is 74.5 cm³/mol. The number of halogens is 2. The van der Waals surface area contributed by atoms with Gasteiger partial charge in [-0.05, 0) is 26.0 Å². The SMILES string of the molecule is CCOC[C@@H](O)COc1c(C(C)=O)ccc(Cl)c1Cl. The highest BCUT2D eigenvalue weighted by Gasteiger charge is 2.17. The van der Waals surface area contributed by atoms with Crippen LogP contribution in [0.3, 0.4) is 0 Å². The maximum atomic E-state index is 11.5. The minimum Gasteiger partial charge on any atom is -0.488 e. The first kappa shape index (κ1) is 16.2. The van der Waals surface area contributed by atoms with Gasteiger partial charge in [-0.15, -0.1) is 0 Å². The van der Waals surface area contributed by atoms with Crippen molar-refractivity contribution >= 4 is 29.0 Å². The van der Waals surface area contributed by atoms with Gasteiger partial charge >= 0.3 is 0 Å². The van der Waals surface area contributed by atoms with E-state index < -0.39 is 6.10 Å². The third kappa shape index (κ3) is 4.66. The molecule has 0 heterocycles. The van der Waals surface area contributed by atoms with Gasteiger partial charge in [0.05, 0.1) is 17.2 Å². The van der Waals surface area contributed by atoms with Gasteiger partial charge in [0.15, 0.2) is 5.78 Å². The normalized spacial score (nSPS) is 12.3. The molecule has 1 N–H and O–H groups in total. The average molecular weight is 307 g/mol. The summed E-state index contributed by atoms with van der Waals surface area (Å²) in [7, 11) is 0. The molecule has 0 aliphatic rings. The molecule has 1 rings (SSSR count). The average Bonchev–Trinajstić information content (AvgIpc) is 2.37. The molecule has 0 aromatic heterocycles. The van der Waals surface area contributed by atoms with Crippen LogP contribution in [0.4, 0.5) is 0 Å². The lowest BCUT2D eigenvalue weighted by molar-refractivity contribution is 0.0163. The molecule has 1 aromatic rings. The third-order valence-corrected chi connectivity index (χ3v) is 3.15. The molecule has 0 saturated heterocycles. The monoisotopic (exact) mass is 306 g/mol. The molecule has 19 heavy (non-hydrogen) atoms. The topological polar surface area (TPSA) is 55.8 Å². The summed E-state index contributed by atoms with van der Waals surface area (Å²) in [4.78, 5) is 11.5. The van der Waals surface area contributed by atoms with Crippen molar-refractivity contribution in [1.29, 1.82) is 0 Å². The number of hydrogen-bond acceptors (Lipinski definition) is 4. The molecule has 0 amide bonds. The van der Waals surface area contributed by atoms with Crippen LogP contribution >= 0.6 is 23.2 Å². The molecule has 0 spiro atoms. The fourth-order valence-corrected chi connectivity index (χ4v) is 1.80. The molecule has 0 aliphatic carbocycles. The second kappa shape index (κ2) is 7.70. The van der Waals surface area contributed by atoms with Crippen LogP contribution in [0, 0.1) is 0 Å². The third-order valence-electron chi connectivity index (χ3n) is 2.36. The van der Waals surface area contributed by atoms with Crippen molar-refractivity contribution in [2.24, 2.45) is 0 Å². The lowest BCUT2D eigenvalue weighted by Gasteiger charge is -2.15. The minimum absolute atomic E-state index is 0.0274. The van der Waals surface area contributed by atoms with Crippen molar-refractivity contribution in [2.45, 2.75) is 20.0 Å². The Morgan fingerprint density at radius 2 is 2.05 bits per heavy atom. The van der Waals surface area contributed by atoms with Crippen molar-refractivity contribution in [1.82, 2.24) is 0 Å². The summed E-state index contributed by atoms with van der Waals surface area (Å²) in [6.07, 6.45) is -0.796. The van der Waals surface area contributed by atoms with Crippen LogP contribution in [0.5, 0.6) is 5.75 Å². The first-order valence-electron chi connectivity index (χ1n) is 5.84. The summed E-state index contributed by atoms with van der Waals surface area (Å²) in [6, 6.07) is 3.07. The highest BCUT2D eigenvalue weighted by Crippen LogP contribution is 2.35. The van der Waals surface area contributed by atoms with Crippen molar-refractivity contribution in [2.75, 3.05) is 19.8 Å². The quantitative estimate of drug-likeness (QED) is 0.787. The number of benzene rings is 1. The van der Waals surface area contributed by atoms with E-state index in [1.54, 1.807) is 6.07 Å². The van der Waals surface area contributed by atoms with Gasteiger partial charge in [0, 0.05) is 6.61 Å². The van der Waals surface area contributed by atoms with E-state index in [4.69, 9.17) is 32.7 Å². The van der Waals surface area contributed by atoms with E-state index in [-0.39, 0.29) is 29.8 Å². The van der Waals surface area contributed by atoms with Crippen molar-refractivity contribution in [3.05, 3.63) is 27.7 Å². The fraction of sp³-hybridized carbons (Fsp3) is 0.462. The molecule has 106 valence electrons. The standard InChI is InChI=1S/C13H16Cl2O4/c1-3-18-6-9(17)7-19-13-10(8(2)16)4-5-11(14)12(13)15/h4-5,9,17H,3,6-7H2,1-2H3/t9-/m1/s1. The van der Waals surface area contributed by atoms with Crippen molar-refractivity contribution < 1.29 is 19.4 Å². The molecular formula is C13H16Cl2O4. The van der Waals surface area contributed by atoms with E-state index in [9.17, 15) is 9.90 Å². The van der Waals surface area contributed by atoms with Gasteiger partial charge in [-0.2, -0.15) is 0 Å². The highest BCUT2D eigenvalue weighted by atomic mass is 35.5. The van der Waals surface area contributed by atoms with E-state index in [0.29, 0.717) is 17.2 Å². The molecule has 0 bridgehead atoms. The maximum absolute atomic E-state index is 11.5. The number of carbonyl (C=O) groups is 1. The van der Waals surface area contributed by atoms with E-state index in [0.717, 1.165) is 0 Å². The van der Waals surface area contributed by atoms with Crippen molar-refractivity contribution in [3.63, 3.8) is 0 Å². The Hall–Kier alpha value is -0.810. The number of ketones is 1. The van der Waals surface area contributed by atoms with Gasteiger partial charge < -0.3 is 14.6 Å². The van der Waals surface area contributed by atoms with Gasteiger partial charge in [0.2, 0.25) is 0 Å². The van der Waals surface area contributed by atoms with Crippen LogP contribution in [0.15, 0.2) is 12.1 Å². The summed E-state index contributed by atoms with van der Waals surface area (Å²) in [6.45, 7) is 3.87. The van der Waals surface area contributed by atoms with Crippen LogP contribution in [0.1, 0.15) is 24.2 Å². The van der Waals surface area contributed by atoms with Crippen LogP contribution in [-0.4, -0.2) is 36.8 Å². The summed E-state index contributed by atoms with van der Waals surface area (Å²) >= 11 is 11.9. The molecule has 1 atom stereocenters. The molecule has 6 heteroatoms. The van der Waals surface area contributed by atoms with E-state index >= 15 is 0 Å². The summed E-state index contributed by atoms with van der Waals surface area (Å²) in [5, 5.41) is 10.1. The molecule has 0 saturated carbocycles. The molecule has 0 aliphatic heterocycles. The summed E-state index contributed by atoms with van der Waals surface area (Å²) in [5.41, 5.74) is 0.331. The van der Waals surface area contributed by atoms with Crippen LogP contribution in [0.25, 0.3) is 0 Å². The van der Waals surface area contributed by atoms with Gasteiger partial charge in [0.1, 0.15) is 23.5 Å². The number of carbonyl (C=O) groups excluding carboxylic acids is 1. The van der Waals surface area contributed by atoms with E-state index in [1.807, 2.05) is 6.92 Å². The molecule has 0 unspecified atom stereocenters. The number of aliphatic hydroxyl groups is 1. The minimum atomic E-state index is -0.796. The van der Waals surface area contributed by atoms with Crippen molar-refractivity contribution in [3.8, 4) is 5.75 Å². The Morgan fingerprint density at radius 1 is 1.37 bits per heavy atom. The Labute approximate surface area is 122 Å². The Bertz CT molecular complexity index is 449. The Morgan fingerprint density at radius 3 is 2.63 bits per heavy atom. The largest absolute Gasteiger partial charge is 0.488 e. The Kier molecular flexibility index (Phi) is 6.58. The molecule has 0 radical (unpaired) electrons. The Balaban J connectivity index is 2.81. The smallest absolute Gasteiger partial charge is 0.163 e. The molecule has 1 aromatic carbocycles. The molecule has 0 fully saturated rings. The van der Waals surface area contributed by atoms with Gasteiger partial charge in [-0.25, -0.2) is 0 Å². The lowest BCUT2D eigenvalue weighted by Crippen LogP contribution is -2.24.